The molecule has 0 bridgehead atoms. The molecule has 0 heterocycles. The minimum absolute atomic E-state index is 0.110. The van der Waals surface area contributed by atoms with Gasteiger partial charge in [-0.2, -0.15) is 0 Å². The summed E-state index contributed by atoms with van der Waals surface area (Å²) in [6.07, 6.45) is 2.11. The van der Waals surface area contributed by atoms with E-state index in [0.29, 0.717) is 0 Å². The van der Waals surface area contributed by atoms with Crippen molar-refractivity contribution >= 4 is 27.9 Å². The molecule has 0 radical (unpaired) electrons. The maximum Gasteiger partial charge on any atom is 0.304 e. The molecule has 0 aliphatic rings. The zero-order valence-corrected chi connectivity index (χ0v) is 14.4. The number of aliphatic carboxylic acids is 1. The van der Waals surface area contributed by atoms with Crippen LogP contribution in [0.25, 0.3) is 6.08 Å². The molecule has 0 spiro atoms. The minimum Gasteiger partial charge on any atom is -0.481 e. The lowest BCUT2D eigenvalue weighted by Gasteiger charge is -2.06. The summed E-state index contributed by atoms with van der Waals surface area (Å²) in [5.41, 5.74) is 0.346. The lowest BCUT2D eigenvalue weighted by molar-refractivity contribution is -0.136. The molecule has 2 aromatic carbocycles. The standard InChI is InChI=1S/C18H16FNO5S/c19-16-7-2-1-4-13(16)8-9-17(21)14-5-3-6-15(12-14)26(24,25)20-11-10-18(22)23/h1-9,12,20H,10-11H2,(H,22,23). The van der Waals surface area contributed by atoms with Crippen molar-refractivity contribution < 1.29 is 27.5 Å². The van der Waals surface area contributed by atoms with E-state index in [1.165, 1.54) is 48.5 Å². The van der Waals surface area contributed by atoms with E-state index in [4.69, 9.17) is 5.11 Å². The molecule has 0 saturated carbocycles. The van der Waals surface area contributed by atoms with Gasteiger partial charge in [0.1, 0.15) is 5.82 Å². The van der Waals surface area contributed by atoms with Crippen LogP contribution in [0.5, 0.6) is 0 Å². The number of sulfonamides is 1. The Labute approximate surface area is 150 Å². The van der Waals surface area contributed by atoms with Crippen LogP contribution in [0.15, 0.2) is 59.5 Å². The lowest BCUT2D eigenvalue weighted by Crippen LogP contribution is -2.26. The Morgan fingerprint density at radius 1 is 1.12 bits per heavy atom. The summed E-state index contributed by atoms with van der Waals surface area (Å²) in [4.78, 5) is 22.5. The first-order valence-corrected chi connectivity index (χ1v) is 9.06. The SMILES string of the molecule is O=C(O)CCNS(=O)(=O)c1cccc(C(=O)C=Cc2ccccc2F)c1. The predicted octanol–water partition coefficient (Wildman–Crippen LogP) is 2.47. The molecule has 136 valence electrons. The third kappa shape index (κ3) is 5.33. The average Bonchev–Trinajstić information content (AvgIpc) is 2.60. The van der Waals surface area contributed by atoms with E-state index in [1.807, 2.05) is 0 Å². The lowest BCUT2D eigenvalue weighted by atomic mass is 10.1. The van der Waals surface area contributed by atoms with Gasteiger partial charge in [-0.05, 0) is 30.4 Å². The van der Waals surface area contributed by atoms with Crippen LogP contribution < -0.4 is 4.72 Å². The zero-order chi connectivity index (χ0) is 19.2. The van der Waals surface area contributed by atoms with Crippen molar-refractivity contribution in [2.24, 2.45) is 0 Å². The fourth-order valence-corrected chi connectivity index (χ4v) is 3.14. The number of carboxylic acids is 1. The second-order valence-corrected chi connectivity index (χ2v) is 7.06. The number of nitrogens with one attached hydrogen (secondary N) is 1. The fourth-order valence-electron chi connectivity index (χ4n) is 2.06. The monoisotopic (exact) mass is 377 g/mol. The van der Waals surface area contributed by atoms with E-state index in [2.05, 4.69) is 4.72 Å². The van der Waals surface area contributed by atoms with Crippen molar-refractivity contribution in [2.45, 2.75) is 11.3 Å². The molecule has 0 unspecified atom stereocenters. The Bertz CT molecular complexity index is 954. The molecule has 2 rings (SSSR count). The van der Waals surface area contributed by atoms with E-state index >= 15 is 0 Å². The maximum absolute atomic E-state index is 13.5. The molecule has 0 fully saturated rings. The highest BCUT2D eigenvalue weighted by Crippen LogP contribution is 2.14. The van der Waals surface area contributed by atoms with Crippen molar-refractivity contribution in [3.8, 4) is 0 Å². The summed E-state index contributed by atoms with van der Waals surface area (Å²) in [5, 5.41) is 8.56. The summed E-state index contributed by atoms with van der Waals surface area (Å²) >= 11 is 0. The molecular weight excluding hydrogens is 361 g/mol. The smallest absolute Gasteiger partial charge is 0.304 e. The van der Waals surface area contributed by atoms with Gasteiger partial charge in [0.05, 0.1) is 11.3 Å². The van der Waals surface area contributed by atoms with Crippen molar-refractivity contribution in [1.82, 2.24) is 4.72 Å². The van der Waals surface area contributed by atoms with Gasteiger partial charge < -0.3 is 5.11 Å². The van der Waals surface area contributed by atoms with Gasteiger partial charge in [-0.3, -0.25) is 9.59 Å². The topological polar surface area (TPSA) is 101 Å². The van der Waals surface area contributed by atoms with Crippen LogP contribution in [0.1, 0.15) is 22.3 Å². The molecule has 0 amide bonds. The van der Waals surface area contributed by atoms with Gasteiger partial charge >= 0.3 is 5.97 Å². The number of carboxylic acid groups (broad SMARTS) is 1. The fraction of sp³-hybridized carbons (Fsp3) is 0.111. The predicted molar refractivity (Wildman–Crippen MR) is 93.6 cm³/mol. The number of allylic oxidation sites excluding steroid dienone is 1. The summed E-state index contributed by atoms with van der Waals surface area (Å²) in [5.74, 6) is -2.10. The second-order valence-electron chi connectivity index (χ2n) is 5.29. The van der Waals surface area contributed by atoms with Crippen LogP contribution >= 0.6 is 0 Å². The van der Waals surface area contributed by atoms with Crippen molar-refractivity contribution in [1.29, 1.82) is 0 Å². The number of carbonyl (C=O) groups is 2. The van der Waals surface area contributed by atoms with Crippen LogP contribution in [0.2, 0.25) is 0 Å². The largest absolute Gasteiger partial charge is 0.481 e. The van der Waals surface area contributed by atoms with E-state index < -0.39 is 27.6 Å². The molecule has 0 atom stereocenters. The Kier molecular flexibility index (Phi) is 6.37. The molecule has 0 aliphatic heterocycles. The molecule has 0 aromatic heterocycles. The number of ketones is 1. The number of halogens is 1. The highest BCUT2D eigenvalue weighted by Gasteiger charge is 2.15. The summed E-state index contributed by atoms with van der Waals surface area (Å²) in [7, 11) is -3.94. The first-order valence-electron chi connectivity index (χ1n) is 7.58. The van der Waals surface area contributed by atoms with Gasteiger partial charge in [0.25, 0.3) is 0 Å². The summed E-state index contributed by atoms with van der Waals surface area (Å²) in [6, 6.07) is 11.2. The first kappa shape index (κ1) is 19.5. The number of carbonyl (C=O) groups excluding carboxylic acids is 1. The second kappa shape index (κ2) is 8.50. The Balaban J connectivity index is 2.16. The highest BCUT2D eigenvalue weighted by molar-refractivity contribution is 7.89. The quantitative estimate of drug-likeness (QED) is 0.544. The normalized spacial score (nSPS) is 11.6. The van der Waals surface area contributed by atoms with Crippen molar-refractivity contribution in [3.05, 3.63) is 71.6 Å². The zero-order valence-electron chi connectivity index (χ0n) is 13.6. The molecule has 2 N–H and O–H groups in total. The van der Waals surface area contributed by atoms with Gasteiger partial charge in [0, 0.05) is 17.7 Å². The molecule has 26 heavy (non-hydrogen) atoms. The number of hydrogen-bond donors (Lipinski definition) is 2. The first-order chi connectivity index (χ1) is 12.3. The summed E-state index contributed by atoms with van der Waals surface area (Å²) < 4.78 is 40.0. The van der Waals surface area contributed by atoms with Crippen LogP contribution in [0.4, 0.5) is 4.39 Å². The van der Waals surface area contributed by atoms with E-state index in [9.17, 15) is 22.4 Å². The molecular formula is C18H16FNO5S. The molecule has 2 aromatic rings. The Morgan fingerprint density at radius 2 is 1.85 bits per heavy atom. The highest BCUT2D eigenvalue weighted by atomic mass is 32.2. The number of benzene rings is 2. The van der Waals surface area contributed by atoms with Crippen molar-refractivity contribution in [2.75, 3.05) is 6.54 Å². The molecule has 0 aliphatic carbocycles. The number of rotatable bonds is 8. The maximum atomic E-state index is 13.5. The third-order valence-corrected chi connectivity index (χ3v) is 4.84. The third-order valence-electron chi connectivity index (χ3n) is 3.38. The molecule has 8 heteroatoms. The van der Waals surface area contributed by atoms with Gasteiger partial charge in [-0.15, -0.1) is 0 Å². The van der Waals surface area contributed by atoms with Gasteiger partial charge in [0.2, 0.25) is 10.0 Å². The van der Waals surface area contributed by atoms with Crippen LogP contribution in [-0.4, -0.2) is 31.8 Å². The molecule has 6 nitrogen and oxygen atoms in total. The summed E-state index contributed by atoms with van der Waals surface area (Å²) in [6.45, 7) is -0.261. The van der Waals surface area contributed by atoms with Gasteiger partial charge in [-0.1, -0.05) is 30.3 Å². The number of hydrogen-bond acceptors (Lipinski definition) is 4. The Morgan fingerprint density at radius 3 is 2.54 bits per heavy atom. The average molecular weight is 377 g/mol. The van der Waals surface area contributed by atoms with Gasteiger partial charge in [-0.25, -0.2) is 17.5 Å². The van der Waals surface area contributed by atoms with E-state index in [0.717, 1.165) is 6.08 Å². The van der Waals surface area contributed by atoms with Gasteiger partial charge in [0.15, 0.2) is 5.78 Å². The van der Waals surface area contributed by atoms with Crippen LogP contribution in [0, 0.1) is 5.82 Å². The van der Waals surface area contributed by atoms with Crippen LogP contribution in [0.3, 0.4) is 0 Å². The van der Waals surface area contributed by atoms with E-state index in [1.54, 1.807) is 6.07 Å². The minimum atomic E-state index is -3.94. The van der Waals surface area contributed by atoms with E-state index in [-0.39, 0.29) is 29.0 Å². The Hall–Kier alpha value is -2.84. The van der Waals surface area contributed by atoms with Crippen LogP contribution in [-0.2, 0) is 14.8 Å². The van der Waals surface area contributed by atoms with Crippen molar-refractivity contribution in [3.63, 3.8) is 0 Å². The molecule has 0 saturated heterocycles.